The lowest BCUT2D eigenvalue weighted by Gasteiger charge is -2.08. The Labute approximate surface area is 130 Å². The Morgan fingerprint density at radius 3 is 2.18 bits per heavy atom. The summed E-state index contributed by atoms with van der Waals surface area (Å²) < 4.78 is 26.7. The molecule has 0 saturated heterocycles. The van der Waals surface area contributed by atoms with Crippen molar-refractivity contribution in [1.29, 1.82) is 0 Å². The van der Waals surface area contributed by atoms with Gasteiger partial charge in [-0.25, -0.2) is 8.78 Å². The number of carbonyl (C=O) groups excluding carboxylic acids is 2. The standard InChI is InChI=1S/C15H11ClF2N2O2/c16-10-6-4-9(5-7-10)15(22)19-8-13(21)20-14-11(17)2-1-3-12(14)18/h1-7H,8H2,(H,19,22)(H,20,21). The lowest BCUT2D eigenvalue weighted by molar-refractivity contribution is -0.115. The second-order valence-corrected chi connectivity index (χ2v) is 4.77. The number of hydrogen-bond acceptors (Lipinski definition) is 2. The van der Waals surface area contributed by atoms with Gasteiger partial charge in [-0.15, -0.1) is 0 Å². The molecule has 114 valence electrons. The van der Waals surface area contributed by atoms with Gasteiger partial charge in [0, 0.05) is 10.6 Å². The molecule has 0 spiro atoms. The van der Waals surface area contributed by atoms with Crippen LogP contribution in [0.1, 0.15) is 10.4 Å². The Balaban J connectivity index is 1.93. The summed E-state index contributed by atoms with van der Waals surface area (Å²) in [4.78, 5) is 23.4. The number of anilines is 1. The average Bonchev–Trinajstić information content (AvgIpc) is 2.49. The highest BCUT2D eigenvalue weighted by Crippen LogP contribution is 2.17. The fraction of sp³-hybridized carbons (Fsp3) is 0.0667. The molecule has 0 atom stereocenters. The summed E-state index contributed by atoms with van der Waals surface area (Å²) in [7, 11) is 0. The second-order valence-electron chi connectivity index (χ2n) is 4.33. The SMILES string of the molecule is O=C(CNC(=O)c1ccc(Cl)cc1)Nc1c(F)cccc1F. The van der Waals surface area contributed by atoms with E-state index in [0.29, 0.717) is 10.6 Å². The molecule has 0 saturated carbocycles. The molecule has 0 aliphatic heterocycles. The van der Waals surface area contributed by atoms with Crippen LogP contribution < -0.4 is 10.6 Å². The van der Waals surface area contributed by atoms with Crippen LogP contribution in [0.4, 0.5) is 14.5 Å². The van der Waals surface area contributed by atoms with Crippen molar-refractivity contribution in [3.63, 3.8) is 0 Å². The first-order chi connectivity index (χ1) is 10.5. The van der Waals surface area contributed by atoms with Crippen molar-refractivity contribution in [2.45, 2.75) is 0 Å². The third kappa shape index (κ3) is 4.02. The highest BCUT2D eigenvalue weighted by atomic mass is 35.5. The van der Waals surface area contributed by atoms with E-state index in [-0.39, 0.29) is 0 Å². The first-order valence-electron chi connectivity index (χ1n) is 6.25. The van der Waals surface area contributed by atoms with Crippen molar-refractivity contribution in [3.05, 3.63) is 64.7 Å². The fourth-order valence-electron chi connectivity index (χ4n) is 1.66. The molecule has 2 aromatic rings. The lowest BCUT2D eigenvalue weighted by Crippen LogP contribution is -2.33. The van der Waals surface area contributed by atoms with Gasteiger partial charge in [0.15, 0.2) is 0 Å². The van der Waals surface area contributed by atoms with E-state index in [0.717, 1.165) is 12.1 Å². The molecule has 2 amide bonds. The van der Waals surface area contributed by atoms with Crippen molar-refractivity contribution in [1.82, 2.24) is 5.32 Å². The highest BCUT2D eigenvalue weighted by molar-refractivity contribution is 6.30. The molecule has 0 bridgehead atoms. The minimum atomic E-state index is -0.891. The Hall–Kier alpha value is -2.47. The molecule has 0 aliphatic carbocycles. The van der Waals surface area contributed by atoms with Crippen LogP contribution in [-0.4, -0.2) is 18.4 Å². The maximum Gasteiger partial charge on any atom is 0.251 e. The van der Waals surface area contributed by atoms with Crippen molar-refractivity contribution in [3.8, 4) is 0 Å². The van der Waals surface area contributed by atoms with E-state index in [1.165, 1.54) is 30.3 Å². The molecule has 7 heteroatoms. The van der Waals surface area contributed by atoms with E-state index in [9.17, 15) is 18.4 Å². The van der Waals surface area contributed by atoms with Gasteiger partial charge in [-0.3, -0.25) is 9.59 Å². The normalized spacial score (nSPS) is 10.1. The monoisotopic (exact) mass is 324 g/mol. The van der Waals surface area contributed by atoms with Crippen LogP contribution in [-0.2, 0) is 4.79 Å². The Kier molecular flexibility index (Phi) is 5.06. The van der Waals surface area contributed by atoms with Crippen LogP contribution in [0.5, 0.6) is 0 Å². The number of carbonyl (C=O) groups is 2. The summed E-state index contributed by atoms with van der Waals surface area (Å²) >= 11 is 5.70. The van der Waals surface area contributed by atoms with E-state index in [4.69, 9.17) is 11.6 Å². The molecule has 0 radical (unpaired) electrons. The van der Waals surface area contributed by atoms with Gasteiger partial charge in [0.05, 0.1) is 6.54 Å². The number of hydrogen-bond donors (Lipinski definition) is 2. The van der Waals surface area contributed by atoms with Gasteiger partial charge >= 0.3 is 0 Å². The minimum Gasteiger partial charge on any atom is -0.343 e. The van der Waals surface area contributed by atoms with Gasteiger partial charge in [-0.1, -0.05) is 17.7 Å². The molecule has 2 aromatic carbocycles. The van der Waals surface area contributed by atoms with E-state index in [2.05, 4.69) is 10.6 Å². The number of nitrogens with one attached hydrogen (secondary N) is 2. The van der Waals surface area contributed by atoms with Crippen LogP contribution >= 0.6 is 11.6 Å². The summed E-state index contributed by atoms with van der Waals surface area (Å²) in [6.45, 7) is -0.421. The molecule has 0 fully saturated rings. The minimum absolute atomic E-state index is 0.314. The number of halogens is 3. The molecule has 0 unspecified atom stereocenters. The van der Waals surface area contributed by atoms with Crippen LogP contribution in [0, 0.1) is 11.6 Å². The Bertz CT molecular complexity index is 685. The zero-order valence-corrected chi connectivity index (χ0v) is 12.0. The molecular weight excluding hydrogens is 314 g/mol. The molecule has 0 heterocycles. The zero-order valence-electron chi connectivity index (χ0n) is 11.2. The van der Waals surface area contributed by atoms with Crippen molar-refractivity contribution >= 4 is 29.1 Å². The van der Waals surface area contributed by atoms with Crippen molar-refractivity contribution in [2.75, 3.05) is 11.9 Å². The van der Waals surface area contributed by atoms with Crippen LogP contribution in [0.2, 0.25) is 5.02 Å². The van der Waals surface area contributed by atoms with Gasteiger partial charge in [0.2, 0.25) is 5.91 Å². The van der Waals surface area contributed by atoms with E-state index >= 15 is 0 Å². The topological polar surface area (TPSA) is 58.2 Å². The van der Waals surface area contributed by atoms with E-state index < -0.39 is 35.7 Å². The molecule has 0 aliphatic rings. The number of benzene rings is 2. The first-order valence-corrected chi connectivity index (χ1v) is 6.63. The predicted molar refractivity (Wildman–Crippen MR) is 78.8 cm³/mol. The summed E-state index contributed by atoms with van der Waals surface area (Å²) in [6.07, 6.45) is 0. The summed E-state index contributed by atoms with van der Waals surface area (Å²) in [5, 5.41) is 4.88. The van der Waals surface area contributed by atoms with Crippen LogP contribution in [0.3, 0.4) is 0 Å². The largest absolute Gasteiger partial charge is 0.343 e. The summed E-state index contributed by atoms with van der Waals surface area (Å²) in [6, 6.07) is 9.27. The average molecular weight is 325 g/mol. The third-order valence-electron chi connectivity index (χ3n) is 2.74. The molecule has 4 nitrogen and oxygen atoms in total. The van der Waals surface area contributed by atoms with Gasteiger partial charge in [0.25, 0.3) is 5.91 Å². The van der Waals surface area contributed by atoms with Crippen molar-refractivity contribution in [2.24, 2.45) is 0 Å². The predicted octanol–water partition coefficient (Wildman–Crippen LogP) is 2.99. The molecule has 0 aromatic heterocycles. The van der Waals surface area contributed by atoms with E-state index in [1.54, 1.807) is 0 Å². The maximum absolute atomic E-state index is 13.4. The number of para-hydroxylation sites is 1. The van der Waals surface area contributed by atoms with Gasteiger partial charge in [0.1, 0.15) is 17.3 Å². The third-order valence-corrected chi connectivity index (χ3v) is 3.00. The van der Waals surface area contributed by atoms with Gasteiger partial charge in [-0.05, 0) is 36.4 Å². The summed E-state index contributed by atoms with van der Waals surface area (Å²) in [5.74, 6) is -3.03. The Morgan fingerprint density at radius 2 is 1.59 bits per heavy atom. The molecule has 2 rings (SSSR count). The highest BCUT2D eigenvalue weighted by Gasteiger charge is 2.13. The second kappa shape index (κ2) is 7.00. The van der Waals surface area contributed by atoms with Gasteiger partial charge in [-0.2, -0.15) is 0 Å². The Morgan fingerprint density at radius 1 is 1.00 bits per heavy atom. The molecular formula is C15H11ClF2N2O2. The van der Waals surface area contributed by atoms with Crippen LogP contribution in [0.25, 0.3) is 0 Å². The molecule has 2 N–H and O–H groups in total. The maximum atomic E-state index is 13.4. The lowest BCUT2D eigenvalue weighted by atomic mass is 10.2. The smallest absolute Gasteiger partial charge is 0.251 e. The number of rotatable bonds is 4. The van der Waals surface area contributed by atoms with E-state index in [1.807, 2.05) is 0 Å². The molecule has 22 heavy (non-hydrogen) atoms. The van der Waals surface area contributed by atoms with Crippen LogP contribution in [0.15, 0.2) is 42.5 Å². The number of amides is 2. The summed E-state index contributed by atoms with van der Waals surface area (Å²) in [5.41, 5.74) is -0.234. The first kappa shape index (κ1) is 15.9. The van der Waals surface area contributed by atoms with Crippen molar-refractivity contribution < 1.29 is 18.4 Å². The van der Waals surface area contributed by atoms with Gasteiger partial charge < -0.3 is 10.6 Å². The fourth-order valence-corrected chi connectivity index (χ4v) is 1.79. The zero-order chi connectivity index (χ0) is 16.1. The quantitative estimate of drug-likeness (QED) is 0.908.